The topological polar surface area (TPSA) is 335 Å². The summed E-state index contributed by atoms with van der Waals surface area (Å²) < 4.78 is 45.7. The van der Waals surface area contributed by atoms with E-state index < -0.39 is 126 Å². The Labute approximate surface area is 554 Å². The van der Waals surface area contributed by atoms with E-state index in [9.17, 15) is 66.6 Å². The van der Waals surface area contributed by atoms with Gasteiger partial charge in [0.15, 0.2) is 0 Å². The molecular formula is C66H98F2N10O15S. The minimum absolute atomic E-state index is 0.0582. The molecule has 2 aromatic carbocycles. The molecule has 0 radical (unpaired) electrons. The maximum absolute atomic E-state index is 14.3. The fraction of sp³-hybridized carbons (Fsp3) is 0.652. The minimum Gasteiger partial charge on any atom is -0.445 e. The monoisotopic (exact) mass is 1340 g/mol. The quantitative estimate of drug-likeness (QED) is 0.0366. The van der Waals surface area contributed by atoms with E-state index in [0.717, 1.165) is 29.9 Å². The average Bonchev–Trinajstić information content (AvgIpc) is 1.62. The van der Waals surface area contributed by atoms with E-state index in [1.807, 2.05) is 13.8 Å². The first-order valence-electron chi connectivity index (χ1n) is 32.3. The Hall–Kier alpha value is -7.30. The van der Waals surface area contributed by atoms with Crippen molar-refractivity contribution in [3.8, 4) is 0 Å². The zero-order valence-electron chi connectivity index (χ0n) is 56.1. The SMILES string of the molecule is CC[C@H](C)C([C@@H](CC(=O)N1C[C@@H](O)C[C@H]1[C@H](OC)[C@@H](C)C(=O)NCCc1c(F)cccc1F)OC)N(C)C(=O)CNC(=O)C(C(C)C)N(C)C(=O)OCc1ccc(NC(=O)CNC(=O)C(NC(=O)CCCCCN2C(=O)CC(SCC3(CC(N)=O)CC3)C2=O)C(C)C)cc1. The van der Waals surface area contributed by atoms with Gasteiger partial charge in [-0.1, -0.05) is 79.5 Å². The van der Waals surface area contributed by atoms with Crippen molar-refractivity contribution in [2.45, 2.75) is 180 Å². The number of nitrogens with zero attached hydrogens (tertiary/aromatic N) is 4. The van der Waals surface area contributed by atoms with E-state index in [1.165, 1.54) is 53.8 Å². The zero-order chi connectivity index (χ0) is 69.7. The molecule has 1 saturated carbocycles. The van der Waals surface area contributed by atoms with Gasteiger partial charge in [0, 0.05) is 84.2 Å². The smallest absolute Gasteiger partial charge is 0.410 e. The maximum Gasteiger partial charge on any atom is 0.410 e. The van der Waals surface area contributed by atoms with Crippen LogP contribution in [0.4, 0.5) is 19.3 Å². The highest BCUT2D eigenvalue weighted by Crippen LogP contribution is 2.52. The second-order valence-electron chi connectivity index (χ2n) is 25.8. The van der Waals surface area contributed by atoms with Gasteiger partial charge in [-0.05, 0) is 91.5 Å². The summed E-state index contributed by atoms with van der Waals surface area (Å²) in [6.07, 6.45) is 0.598. The molecule has 5 rings (SSSR count). The highest BCUT2D eigenvalue weighted by atomic mass is 32.2. The largest absolute Gasteiger partial charge is 0.445 e. The number of rotatable bonds is 38. The number of thioether (sulfide) groups is 1. The third-order valence-corrected chi connectivity index (χ3v) is 19.5. The van der Waals surface area contributed by atoms with Crippen LogP contribution in [0.2, 0.25) is 0 Å². The van der Waals surface area contributed by atoms with Crippen molar-refractivity contribution in [2.24, 2.45) is 34.8 Å². The van der Waals surface area contributed by atoms with Crippen molar-refractivity contribution in [1.82, 2.24) is 40.9 Å². The van der Waals surface area contributed by atoms with E-state index >= 15 is 0 Å². The third kappa shape index (κ3) is 22.1. The Morgan fingerprint density at radius 1 is 0.819 bits per heavy atom. The lowest BCUT2D eigenvalue weighted by Crippen LogP contribution is -2.55. The lowest BCUT2D eigenvalue weighted by Gasteiger charge is -2.39. The number of halogens is 2. The number of likely N-dealkylation sites (N-methyl/N-ethyl adjacent to an activating group) is 2. The standard InChI is InChI=1S/C66H98F2N10O15S/c1-12-40(6)59(49(91-10)30-54(83)78-35-44(79)29-48(78)60(92-11)41(7)61(86)70-27-24-45-46(67)17-16-18-47(45)68)75(8)56(85)34-72-63(88)58(39(4)5)76(9)65(90)93-36-42-20-22-43(23-21-42)73-53(82)33-71-62(87)57(38(2)3)74-52(81)19-14-13-15-28-77-55(84)31-50(64(77)89)94-37-66(25-26-66)32-51(69)80/h16-18,20-23,38-41,44,48-50,57-60,79H,12-15,19,24-37H2,1-11H3,(H2,69,80)(H,70,86)(H,71,87)(H,72,88)(H,73,82)(H,74,81)/t40-,41+,44-,48-,49+,50?,57?,58?,59?,60+/m0/s1. The Morgan fingerprint density at radius 2 is 1.48 bits per heavy atom. The molecule has 8 N–H and O–H groups in total. The number of carbonyl (C=O) groups is 11. The Morgan fingerprint density at radius 3 is 2.07 bits per heavy atom. The number of β-amino-alcohol motifs (C(OH)–C–C–N with tert-alkyl or cyclic N) is 1. The lowest BCUT2D eigenvalue weighted by molar-refractivity contribution is -0.146. The number of hydrogen-bond donors (Lipinski definition) is 7. The van der Waals surface area contributed by atoms with Crippen molar-refractivity contribution >= 4 is 82.6 Å². The molecule has 0 spiro atoms. The number of nitrogens with one attached hydrogen (secondary N) is 5. The molecule has 0 aromatic heterocycles. The number of primary amides is 1. The number of anilines is 1. The Kier molecular flexibility index (Phi) is 30.1. The minimum atomic E-state index is -1.07. The molecule has 10 atom stereocenters. The summed E-state index contributed by atoms with van der Waals surface area (Å²) >= 11 is 1.41. The molecule has 522 valence electrons. The summed E-state index contributed by atoms with van der Waals surface area (Å²) in [7, 11) is 5.74. The van der Waals surface area contributed by atoms with Gasteiger partial charge in [-0.3, -0.25) is 57.7 Å². The van der Waals surface area contributed by atoms with Crippen molar-refractivity contribution in [3.05, 3.63) is 65.2 Å². The molecule has 28 heteroatoms. The van der Waals surface area contributed by atoms with Crippen LogP contribution in [-0.2, 0) is 75.2 Å². The van der Waals surface area contributed by atoms with Crippen LogP contribution in [-0.4, -0.2) is 204 Å². The van der Waals surface area contributed by atoms with Crippen LogP contribution < -0.4 is 32.3 Å². The first-order valence-corrected chi connectivity index (χ1v) is 33.4. The third-order valence-electron chi connectivity index (χ3n) is 18.0. The number of carbonyl (C=O) groups excluding carboxylic acids is 11. The predicted octanol–water partition coefficient (Wildman–Crippen LogP) is 4.20. The molecule has 11 amide bonds. The summed E-state index contributed by atoms with van der Waals surface area (Å²) in [6, 6.07) is 6.45. The van der Waals surface area contributed by atoms with Crippen molar-refractivity contribution < 1.29 is 80.8 Å². The molecule has 25 nitrogen and oxygen atoms in total. The number of hydrogen-bond acceptors (Lipinski definition) is 16. The fourth-order valence-corrected chi connectivity index (χ4v) is 13.6. The van der Waals surface area contributed by atoms with Gasteiger partial charge in [0.25, 0.3) is 0 Å². The molecule has 2 aliphatic heterocycles. The van der Waals surface area contributed by atoms with Gasteiger partial charge < -0.3 is 61.4 Å². The Bertz CT molecular complexity index is 2960. The zero-order valence-corrected chi connectivity index (χ0v) is 56.9. The van der Waals surface area contributed by atoms with Crippen molar-refractivity contribution in [1.29, 1.82) is 0 Å². The molecule has 2 aromatic rings. The molecular weight excluding hydrogens is 1240 g/mol. The van der Waals surface area contributed by atoms with Gasteiger partial charge >= 0.3 is 6.09 Å². The highest BCUT2D eigenvalue weighted by Gasteiger charge is 2.48. The fourth-order valence-electron chi connectivity index (χ4n) is 12.1. The van der Waals surface area contributed by atoms with Gasteiger partial charge in [-0.25, -0.2) is 13.6 Å². The number of amides is 11. The van der Waals surface area contributed by atoms with Crippen LogP contribution in [0, 0.1) is 40.7 Å². The van der Waals surface area contributed by atoms with Gasteiger partial charge in [-0.15, -0.1) is 11.8 Å². The molecule has 2 heterocycles. The van der Waals surface area contributed by atoms with E-state index in [0.29, 0.717) is 42.7 Å². The van der Waals surface area contributed by atoms with Gasteiger partial charge in [0.1, 0.15) is 30.3 Å². The summed E-state index contributed by atoms with van der Waals surface area (Å²) in [5.74, 6) is -7.05. The van der Waals surface area contributed by atoms with E-state index in [4.69, 9.17) is 19.9 Å². The second kappa shape index (κ2) is 36.5. The van der Waals surface area contributed by atoms with E-state index in [1.54, 1.807) is 65.9 Å². The van der Waals surface area contributed by atoms with Gasteiger partial charge in [0.05, 0.1) is 61.1 Å². The second-order valence-corrected chi connectivity index (χ2v) is 26.9. The van der Waals surface area contributed by atoms with Crippen molar-refractivity contribution in [2.75, 3.05) is 72.1 Å². The number of ether oxygens (including phenoxy) is 3. The number of unbranched alkanes of at least 4 members (excludes halogenated alkanes) is 2. The van der Waals surface area contributed by atoms with E-state index in [2.05, 4.69) is 26.6 Å². The number of aliphatic hydroxyl groups is 1. The number of nitrogens with two attached hydrogens (primary N) is 1. The molecule has 3 aliphatic rings. The Balaban J connectivity index is 1.03. The summed E-state index contributed by atoms with van der Waals surface area (Å²) in [4.78, 5) is 150. The van der Waals surface area contributed by atoms with Crippen LogP contribution in [0.25, 0.3) is 0 Å². The molecule has 1 aliphatic carbocycles. The van der Waals surface area contributed by atoms with Crippen LogP contribution in [0.1, 0.15) is 130 Å². The van der Waals surface area contributed by atoms with Gasteiger partial charge in [0.2, 0.25) is 59.1 Å². The van der Waals surface area contributed by atoms with Crippen LogP contribution in [0.5, 0.6) is 0 Å². The predicted molar refractivity (Wildman–Crippen MR) is 347 cm³/mol. The first-order chi connectivity index (χ1) is 44.5. The number of benzene rings is 2. The van der Waals surface area contributed by atoms with Crippen LogP contribution in [0.3, 0.4) is 0 Å². The lowest BCUT2D eigenvalue weighted by atomic mass is 9.90. The normalized spacial score (nSPS) is 18.9. The maximum atomic E-state index is 14.3. The number of imide groups is 1. The average molecular weight is 1340 g/mol. The molecule has 94 heavy (non-hydrogen) atoms. The van der Waals surface area contributed by atoms with Gasteiger partial charge in [-0.2, -0.15) is 0 Å². The number of likely N-dealkylation sites (tertiary alicyclic amines) is 2. The molecule has 2 saturated heterocycles. The summed E-state index contributed by atoms with van der Waals surface area (Å²) in [6.45, 7) is 11.4. The van der Waals surface area contributed by atoms with Crippen molar-refractivity contribution in [3.63, 3.8) is 0 Å². The summed E-state index contributed by atoms with van der Waals surface area (Å²) in [5, 5.41) is 23.7. The van der Waals surface area contributed by atoms with Crippen LogP contribution in [0.15, 0.2) is 42.5 Å². The number of aliphatic hydroxyl groups excluding tert-OH is 1. The number of methoxy groups -OCH3 is 2. The molecule has 3 fully saturated rings. The summed E-state index contributed by atoms with van der Waals surface area (Å²) in [5.41, 5.74) is 5.97. The van der Waals surface area contributed by atoms with Crippen LogP contribution >= 0.6 is 11.8 Å². The molecule has 4 unspecified atom stereocenters. The molecule has 0 bridgehead atoms. The first kappa shape index (κ1) is 77.4. The van der Waals surface area contributed by atoms with E-state index in [-0.39, 0.29) is 111 Å². The highest BCUT2D eigenvalue weighted by molar-refractivity contribution is 8.00.